The normalized spacial score (nSPS) is 13.8. The molecule has 0 atom stereocenters. The average Bonchev–Trinajstić information content (AvgIpc) is 3.60. The molecule has 0 spiro atoms. The Hall–Kier alpha value is -4.79. The minimum Gasteiger partial charge on any atom is -0.358 e. The highest BCUT2D eigenvalue weighted by Gasteiger charge is 2.21. The highest BCUT2D eigenvalue weighted by Crippen LogP contribution is 2.33. The largest absolute Gasteiger partial charge is 0.358 e. The number of aromatic amines is 2. The summed E-state index contributed by atoms with van der Waals surface area (Å²) in [6.07, 6.45) is 11.1. The molecule has 1 aliphatic rings. The number of fused-ring (bicyclic) bond motifs is 2. The van der Waals surface area contributed by atoms with Crippen LogP contribution < -0.4 is 5.32 Å². The molecule has 3 N–H and O–H groups in total. The number of anilines is 1. The van der Waals surface area contributed by atoms with E-state index < -0.39 is 0 Å². The molecule has 0 amide bonds. The Morgan fingerprint density at radius 2 is 2.00 bits per heavy atom. The number of para-hydroxylation sites is 1. The lowest BCUT2D eigenvalue weighted by molar-refractivity contribution is 0.371. The Labute approximate surface area is 212 Å². The summed E-state index contributed by atoms with van der Waals surface area (Å²) >= 11 is 0. The van der Waals surface area contributed by atoms with Gasteiger partial charge in [-0.2, -0.15) is 5.10 Å². The Bertz CT molecular complexity index is 1780. The molecule has 0 radical (unpaired) electrons. The van der Waals surface area contributed by atoms with Gasteiger partial charge in [-0.1, -0.05) is 19.1 Å². The number of pyridine rings is 2. The number of nitrogens with zero attached hydrogens (tertiary/aromatic N) is 6. The minimum absolute atomic E-state index is 0.550. The Morgan fingerprint density at radius 3 is 2.81 bits per heavy atom. The van der Waals surface area contributed by atoms with E-state index in [2.05, 4.69) is 43.1 Å². The maximum absolute atomic E-state index is 4.96. The Morgan fingerprint density at radius 1 is 1.08 bits per heavy atom. The minimum atomic E-state index is 0.550. The van der Waals surface area contributed by atoms with Gasteiger partial charge in [-0.15, -0.1) is 0 Å². The quantitative estimate of drug-likeness (QED) is 0.274. The van der Waals surface area contributed by atoms with Gasteiger partial charge in [0.1, 0.15) is 11.0 Å². The van der Waals surface area contributed by atoms with Crippen LogP contribution >= 0.6 is 0 Å². The van der Waals surface area contributed by atoms with Gasteiger partial charge in [0.15, 0.2) is 11.5 Å². The molecule has 6 aromatic rings. The second-order valence-corrected chi connectivity index (χ2v) is 9.59. The topological polar surface area (TPSA) is 113 Å². The van der Waals surface area contributed by atoms with Crippen LogP contribution in [0.3, 0.4) is 0 Å². The molecule has 1 saturated carbocycles. The molecule has 1 aliphatic carbocycles. The lowest BCUT2D eigenvalue weighted by Gasteiger charge is -2.28. The molecular formula is C28H25N9. The molecule has 1 fully saturated rings. The van der Waals surface area contributed by atoms with Crippen LogP contribution in [0.25, 0.3) is 50.5 Å². The van der Waals surface area contributed by atoms with Crippen molar-refractivity contribution in [3.8, 4) is 28.5 Å². The van der Waals surface area contributed by atoms with E-state index in [0.29, 0.717) is 17.4 Å². The third kappa shape index (κ3) is 3.76. The number of aryl methyl sites for hydroxylation is 1. The maximum Gasteiger partial charge on any atom is 0.161 e. The van der Waals surface area contributed by atoms with Gasteiger partial charge in [-0.05, 0) is 56.0 Å². The Balaban J connectivity index is 1.26. The molecule has 1 aromatic carbocycles. The van der Waals surface area contributed by atoms with Gasteiger partial charge in [-0.25, -0.2) is 15.0 Å². The van der Waals surface area contributed by atoms with Gasteiger partial charge >= 0.3 is 0 Å². The number of benzene rings is 1. The number of allylic oxidation sites excluding steroid dienone is 1. The summed E-state index contributed by atoms with van der Waals surface area (Å²) in [5.74, 6) is 1.20. The smallest absolute Gasteiger partial charge is 0.161 e. The van der Waals surface area contributed by atoms with Crippen LogP contribution in [0, 0.1) is 12.8 Å². The number of hydrogen-bond donors (Lipinski definition) is 3. The first-order valence-electron chi connectivity index (χ1n) is 12.4. The van der Waals surface area contributed by atoms with Crippen LogP contribution in [-0.4, -0.2) is 39.7 Å². The van der Waals surface area contributed by atoms with E-state index in [1.165, 1.54) is 19.3 Å². The van der Waals surface area contributed by atoms with Gasteiger partial charge < -0.3 is 14.9 Å². The van der Waals surface area contributed by atoms with Crippen LogP contribution in [0.4, 0.5) is 5.69 Å². The molecule has 37 heavy (non-hydrogen) atoms. The first-order chi connectivity index (χ1) is 18.1. The summed E-state index contributed by atoms with van der Waals surface area (Å²) < 4.78 is 1.98. The van der Waals surface area contributed by atoms with Gasteiger partial charge in [-0.3, -0.25) is 10.1 Å². The highest BCUT2D eigenvalue weighted by atomic mass is 15.2. The molecule has 7 rings (SSSR count). The van der Waals surface area contributed by atoms with Gasteiger partial charge in [0.2, 0.25) is 0 Å². The molecule has 0 aliphatic heterocycles. The molecule has 0 saturated heterocycles. The lowest BCUT2D eigenvalue weighted by atomic mass is 9.83. The zero-order valence-electron chi connectivity index (χ0n) is 20.4. The van der Waals surface area contributed by atoms with E-state index in [9.17, 15) is 0 Å². The molecule has 182 valence electrons. The van der Waals surface area contributed by atoms with Crippen molar-refractivity contribution in [3.05, 3.63) is 79.3 Å². The van der Waals surface area contributed by atoms with Gasteiger partial charge in [0, 0.05) is 23.7 Å². The van der Waals surface area contributed by atoms with Crippen LogP contribution in [0.5, 0.6) is 0 Å². The summed E-state index contributed by atoms with van der Waals surface area (Å²) in [5, 5.41) is 11.1. The Kier molecular flexibility index (Phi) is 4.88. The SMILES string of the molecule is C=C(Nc1cncc(-c2ccc3[nH]nc(-c4nc5c(-n6cnc(C)c6)cccc5[nH]4)c3n2)c1)C1CCC1. The van der Waals surface area contributed by atoms with Crippen molar-refractivity contribution in [2.75, 3.05) is 5.32 Å². The summed E-state index contributed by atoms with van der Waals surface area (Å²) in [6, 6.07) is 12.1. The van der Waals surface area contributed by atoms with Gasteiger partial charge in [0.25, 0.3) is 0 Å². The molecule has 0 unspecified atom stereocenters. The second kappa shape index (κ2) is 8.41. The zero-order chi connectivity index (χ0) is 24.9. The molecular weight excluding hydrogens is 462 g/mol. The fraction of sp³-hybridized carbons (Fsp3) is 0.179. The zero-order valence-corrected chi connectivity index (χ0v) is 20.4. The van der Waals surface area contributed by atoms with Crippen LogP contribution in [0.15, 0.2) is 73.6 Å². The summed E-state index contributed by atoms with van der Waals surface area (Å²) in [4.78, 5) is 22.1. The summed E-state index contributed by atoms with van der Waals surface area (Å²) in [6.45, 7) is 6.19. The highest BCUT2D eigenvalue weighted by molar-refractivity contribution is 5.93. The number of hydrogen-bond acceptors (Lipinski definition) is 6. The maximum atomic E-state index is 4.96. The first-order valence-corrected chi connectivity index (χ1v) is 12.4. The molecule has 0 bridgehead atoms. The molecule has 9 heteroatoms. The number of aromatic nitrogens is 8. The third-order valence-corrected chi connectivity index (χ3v) is 7.05. The van der Waals surface area contributed by atoms with Crippen LogP contribution in [-0.2, 0) is 0 Å². The summed E-state index contributed by atoms with van der Waals surface area (Å²) in [7, 11) is 0. The third-order valence-electron chi connectivity index (χ3n) is 7.05. The number of imidazole rings is 2. The predicted octanol–water partition coefficient (Wildman–Crippen LogP) is 5.78. The van der Waals surface area contributed by atoms with E-state index in [0.717, 1.165) is 56.1 Å². The number of rotatable bonds is 6. The lowest BCUT2D eigenvalue weighted by Crippen LogP contribution is -2.18. The van der Waals surface area contributed by atoms with Crippen molar-refractivity contribution in [2.45, 2.75) is 26.2 Å². The van der Waals surface area contributed by atoms with Crippen molar-refractivity contribution in [1.82, 2.24) is 39.7 Å². The summed E-state index contributed by atoms with van der Waals surface area (Å²) in [5.41, 5.74) is 9.62. The fourth-order valence-corrected chi connectivity index (χ4v) is 4.81. The number of H-pyrrole nitrogens is 2. The van der Waals surface area contributed by atoms with E-state index in [1.807, 2.05) is 60.4 Å². The standard InChI is InChI=1S/C28H25N9/c1-16-14-37(15-30-16)24-8-4-7-22-25(24)34-28(33-22)27-26-23(35-36-27)10-9-21(32-26)19-11-20(13-29-12-19)31-17(2)18-5-3-6-18/h4,7-15,18,31H,2-3,5-6H2,1H3,(H,33,34)(H,35,36). The fourth-order valence-electron chi connectivity index (χ4n) is 4.81. The predicted molar refractivity (Wildman–Crippen MR) is 144 cm³/mol. The monoisotopic (exact) mass is 487 g/mol. The van der Waals surface area contributed by atoms with Crippen molar-refractivity contribution in [3.63, 3.8) is 0 Å². The van der Waals surface area contributed by atoms with Crippen LogP contribution in [0.2, 0.25) is 0 Å². The van der Waals surface area contributed by atoms with Crippen molar-refractivity contribution in [2.24, 2.45) is 5.92 Å². The van der Waals surface area contributed by atoms with Crippen molar-refractivity contribution >= 4 is 27.8 Å². The van der Waals surface area contributed by atoms with E-state index >= 15 is 0 Å². The van der Waals surface area contributed by atoms with E-state index in [1.54, 1.807) is 6.33 Å². The van der Waals surface area contributed by atoms with Crippen molar-refractivity contribution in [1.29, 1.82) is 0 Å². The van der Waals surface area contributed by atoms with Crippen LogP contribution in [0.1, 0.15) is 25.0 Å². The van der Waals surface area contributed by atoms with E-state index in [4.69, 9.17) is 9.97 Å². The molecule has 5 aromatic heterocycles. The number of nitrogens with one attached hydrogen (secondary N) is 3. The first kappa shape index (κ1) is 21.5. The van der Waals surface area contributed by atoms with Crippen molar-refractivity contribution < 1.29 is 0 Å². The van der Waals surface area contributed by atoms with Gasteiger partial charge in [0.05, 0.1) is 46.3 Å². The second-order valence-electron chi connectivity index (χ2n) is 9.59. The van der Waals surface area contributed by atoms with E-state index in [-0.39, 0.29) is 0 Å². The molecule has 9 nitrogen and oxygen atoms in total. The average molecular weight is 488 g/mol. The molecule has 5 heterocycles.